The summed E-state index contributed by atoms with van der Waals surface area (Å²) in [6, 6.07) is 14.6. The average molecular weight is 292 g/mol. The van der Waals surface area contributed by atoms with Crippen LogP contribution < -0.4 is 5.73 Å². The van der Waals surface area contributed by atoms with Crippen molar-refractivity contribution in [1.29, 1.82) is 0 Å². The zero-order valence-electron chi connectivity index (χ0n) is 11.2. The summed E-state index contributed by atoms with van der Waals surface area (Å²) in [6.45, 7) is 4.16. The van der Waals surface area contributed by atoms with Crippen LogP contribution in [-0.2, 0) is 6.42 Å². The third-order valence-electron chi connectivity index (χ3n) is 2.85. The molecule has 2 aromatic carbocycles. The summed E-state index contributed by atoms with van der Waals surface area (Å²) in [6.07, 6.45) is 0.915. The Hall–Kier alpha value is -0.960. The van der Waals surface area contributed by atoms with E-state index in [0.717, 1.165) is 16.3 Å². The second-order valence-electron chi connectivity index (χ2n) is 4.81. The lowest BCUT2D eigenvalue weighted by atomic mass is 10.1. The summed E-state index contributed by atoms with van der Waals surface area (Å²) in [5, 5.41) is 0.798. The SMILES string of the molecule is Cc1cc(CC(C)N)ccc1Sc1ccccc1Cl. The van der Waals surface area contributed by atoms with Gasteiger partial charge < -0.3 is 5.73 Å². The highest BCUT2D eigenvalue weighted by molar-refractivity contribution is 7.99. The van der Waals surface area contributed by atoms with Gasteiger partial charge >= 0.3 is 0 Å². The lowest BCUT2D eigenvalue weighted by molar-refractivity contribution is 0.737. The van der Waals surface area contributed by atoms with Gasteiger partial charge in [-0.1, -0.05) is 47.6 Å². The summed E-state index contributed by atoms with van der Waals surface area (Å²) in [7, 11) is 0. The minimum absolute atomic E-state index is 0.196. The maximum atomic E-state index is 6.19. The number of benzene rings is 2. The quantitative estimate of drug-likeness (QED) is 0.884. The minimum atomic E-state index is 0.196. The lowest BCUT2D eigenvalue weighted by Gasteiger charge is -2.10. The molecule has 0 aliphatic rings. The molecule has 0 saturated heterocycles. The van der Waals surface area contributed by atoms with Gasteiger partial charge in [-0.25, -0.2) is 0 Å². The van der Waals surface area contributed by atoms with Gasteiger partial charge in [0.15, 0.2) is 0 Å². The van der Waals surface area contributed by atoms with Crippen LogP contribution in [0.15, 0.2) is 52.3 Å². The van der Waals surface area contributed by atoms with Crippen LogP contribution in [0.25, 0.3) is 0 Å². The zero-order valence-corrected chi connectivity index (χ0v) is 12.8. The molecule has 0 spiro atoms. The van der Waals surface area contributed by atoms with E-state index < -0.39 is 0 Å². The predicted molar refractivity (Wildman–Crippen MR) is 84.1 cm³/mol. The Bertz CT molecular complexity index is 566. The molecule has 0 heterocycles. The summed E-state index contributed by atoms with van der Waals surface area (Å²) in [5.74, 6) is 0. The molecule has 2 N–H and O–H groups in total. The van der Waals surface area contributed by atoms with Gasteiger partial charge in [0, 0.05) is 15.8 Å². The van der Waals surface area contributed by atoms with E-state index in [4.69, 9.17) is 17.3 Å². The Morgan fingerprint density at radius 3 is 2.53 bits per heavy atom. The van der Waals surface area contributed by atoms with E-state index in [-0.39, 0.29) is 6.04 Å². The Morgan fingerprint density at radius 2 is 1.89 bits per heavy atom. The van der Waals surface area contributed by atoms with E-state index in [1.165, 1.54) is 16.0 Å². The first-order valence-corrected chi connectivity index (χ1v) is 7.53. The predicted octanol–water partition coefficient (Wildman–Crippen LogP) is 4.69. The molecule has 19 heavy (non-hydrogen) atoms. The molecule has 1 nitrogen and oxygen atoms in total. The van der Waals surface area contributed by atoms with Crippen LogP contribution >= 0.6 is 23.4 Å². The highest BCUT2D eigenvalue weighted by Gasteiger charge is 2.06. The van der Waals surface area contributed by atoms with E-state index in [2.05, 4.69) is 25.1 Å². The molecule has 1 unspecified atom stereocenters. The summed E-state index contributed by atoms with van der Waals surface area (Å²) >= 11 is 7.89. The standard InChI is InChI=1S/C16H18ClNS/c1-11-9-13(10-12(2)18)7-8-15(11)19-16-6-4-3-5-14(16)17/h3-9,12H,10,18H2,1-2H3. The van der Waals surface area contributed by atoms with Crippen LogP contribution in [0.1, 0.15) is 18.1 Å². The minimum Gasteiger partial charge on any atom is -0.328 e. The lowest BCUT2D eigenvalue weighted by Crippen LogP contribution is -2.17. The van der Waals surface area contributed by atoms with Crippen molar-refractivity contribution in [3.05, 3.63) is 58.6 Å². The molecule has 0 aliphatic carbocycles. The first-order valence-electron chi connectivity index (χ1n) is 6.34. The van der Waals surface area contributed by atoms with Gasteiger partial charge in [0.2, 0.25) is 0 Å². The van der Waals surface area contributed by atoms with Crippen molar-refractivity contribution in [2.75, 3.05) is 0 Å². The fraction of sp³-hybridized carbons (Fsp3) is 0.250. The first-order chi connectivity index (χ1) is 9.06. The highest BCUT2D eigenvalue weighted by Crippen LogP contribution is 2.35. The smallest absolute Gasteiger partial charge is 0.0545 e. The number of aryl methyl sites for hydroxylation is 1. The van der Waals surface area contributed by atoms with Crippen LogP contribution in [0.5, 0.6) is 0 Å². The van der Waals surface area contributed by atoms with Crippen molar-refractivity contribution in [3.63, 3.8) is 0 Å². The number of rotatable bonds is 4. The summed E-state index contributed by atoms with van der Waals surface area (Å²) in [5.41, 5.74) is 8.39. The number of nitrogens with two attached hydrogens (primary N) is 1. The van der Waals surface area contributed by atoms with E-state index in [0.29, 0.717) is 0 Å². The number of halogens is 1. The highest BCUT2D eigenvalue weighted by atomic mass is 35.5. The van der Waals surface area contributed by atoms with Gasteiger partial charge in [-0.3, -0.25) is 0 Å². The molecule has 3 heteroatoms. The molecule has 100 valence electrons. The molecule has 2 aromatic rings. The zero-order chi connectivity index (χ0) is 13.8. The van der Waals surface area contributed by atoms with Crippen molar-refractivity contribution < 1.29 is 0 Å². The molecule has 0 aliphatic heterocycles. The van der Waals surface area contributed by atoms with Gasteiger partial charge in [0.1, 0.15) is 0 Å². The van der Waals surface area contributed by atoms with Gasteiger partial charge in [0.25, 0.3) is 0 Å². The van der Waals surface area contributed by atoms with E-state index in [1.807, 2.05) is 31.2 Å². The van der Waals surface area contributed by atoms with Gasteiger partial charge in [-0.2, -0.15) is 0 Å². The molecule has 0 fully saturated rings. The molecule has 0 bridgehead atoms. The van der Waals surface area contributed by atoms with Gasteiger partial charge in [-0.05, 0) is 49.6 Å². The second-order valence-corrected chi connectivity index (χ2v) is 6.30. The van der Waals surface area contributed by atoms with Crippen LogP contribution in [0, 0.1) is 6.92 Å². The Kier molecular flexibility index (Phi) is 4.92. The Morgan fingerprint density at radius 1 is 1.16 bits per heavy atom. The largest absolute Gasteiger partial charge is 0.328 e. The van der Waals surface area contributed by atoms with Crippen LogP contribution in [0.4, 0.5) is 0 Å². The maximum absolute atomic E-state index is 6.19. The molecular formula is C16H18ClNS. The number of hydrogen-bond acceptors (Lipinski definition) is 2. The van der Waals surface area contributed by atoms with Gasteiger partial charge in [0.05, 0.1) is 5.02 Å². The van der Waals surface area contributed by atoms with E-state index in [9.17, 15) is 0 Å². The van der Waals surface area contributed by atoms with E-state index >= 15 is 0 Å². The fourth-order valence-corrected chi connectivity index (χ4v) is 3.13. The summed E-state index contributed by atoms with van der Waals surface area (Å²) in [4.78, 5) is 2.33. The first kappa shape index (κ1) is 14.4. The summed E-state index contributed by atoms with van der Waals surface area (Å²) < 4.78 is 0. The Labute approximate surface area is 124 Å². The fourth-order valence-electron chi connectivity index (χ4n) is 1.97. The molecule has 1 atom stereocenters. The number of hydrogen-bond donors (Lipinski definition) is 1. The van der Waals surface area contributed by atoms with Crippen molar-refractivity contribution in [1.82, 2.24) is 0 Å². The molecule has 0 radical (unpaired) electrons. The molecule has 0 aromatic heterocycles. The Balaban J connectivity index is 2.20. The molecule has 2 rings (SSSR count). The monoisotopic (exact) mass is 291 g/mol. The van der Waals surface area contributed by atoms with Crippen LogP contribution in [0.3, 0.4) is 0 Å². The molecular weight excluding hydrogens is 274 g/mol. The van der Waals surface area contributed by atoms with Crippen molar-refractivity contribution >= 4 is 23.4 Å². The average Bonchev–Trinajstić information content (AvgIpc) is 2.34. The third-order valence-corrected chi connectivity index (χ3v) is 4.55. The topological polar surface area (TPSA) is 26.0 Å². The molecule has 0 amide bonds. The maximum Gasteiger partial charge on any atom is 0.0545 e. The van der Waals surface area contributed by atoms with Crippen molar-refractivity contribution in [2.45, 2.75) is 36.1 Å². The van der Waals surface area contributed by atoms with E-state index in [1.54, 1.807) is 11.8 Å². The van der Waals surface area contributed by atoms with Crippen LogP contribution in [0.2, 0.25) is 5.02 Å². The van der Waals surface area contributed by atoms with Gasteiger partial charge in [-0.15, -0.1) is 0 Å². The second kappa shape index (κ2) is 6.47. The molecule has 0 saturated carbocycles. The van der Waals surface area contributed by atoms with Crippen molar-refractivity contribution in [3.8, 4) is 0 Å². The van der Waals surface area contributed by atoms with Crippen molar-refractivity contribution in [2.24, 2.45) is 5.73 Å². The van der Waals surface area contributed by atoms with Crippen LogP contribution in [-0.4, -0.2) is 6.04 Å². The third kappa shape index (κ3) is 4.00. The normalized spacial score (nSPS) is 12.4.